The topological polar surface area (TPSA) is 50.4 Å². The number of carbonyl (C=O) groups is 1. The predicted molar refractivity (Wildman–Crippen MR) is 94.0 cm³/mol. The van der Waals surface area contributed by atoms with Crippen molar-refractivity contribution < 1.29 is 9.53 Å². The van der Waals surface area contributed by atoms with Gasteiger partial charge in [-0.3, -0.25) is 4.79 Å². The monoisotopic (exact) mass is 312 g/mol. The zero-order valence-electron chi connectivity index (χ0n) is 13.8. The van der Waals surface area contributed by atoms with Crippen LogP contribution in [-0.4, -0.2) is 26.1 Å². The molecular weight excluding hydrogens is 288 g/mol. The van der Waals surface area contributed by atoms with E-state index in [0.717, 1.165) is 23.4 Å². The third-order valence-electron chi connectivity index (χ3n) is 3.60. The molecule has 0 atom stereocenters. The van der Waals surface area contributed by atoms with Gasteiger partial charge in [-0.2, -0.15) is 0 Å². The van der Waals surface area contributed by atoms with E-state index in [4.69, 9.17) is 4.74 Å². The van der Waals surface area contributed by atoms with Crippen molar-refractivity contribution >= 4 is 11.6 Å². The Morgan fingerprint density at radius 1 is 1.09 bits per heavy atom. The van der Waals surface area contributed by atoms with Crippen LogP contribution in [0, 0.1) is 6.92 Å². The zero-order valence-corrected chi connectivity index (χ0v) is 13.8. The van der Waals surface area contributed by atoms with Gasteiger partial charge >= 0.3 is 0 Å². The molecule has 0 spiro atoms. The molecule has 0 aliphatic heterocycles. The number of hydrogen-bond acceptors (Lipinski definition) is 3. The summed E-state index contributed by atoms with van der Waals surface area (Å²) in [5.41, 5.74) is 3.31. The standard InChI is InChI=1S/C19H24N2O2/c1-15-8-9-18(23-2)17(14-15)20-13-11-19(22)21-12-10-16-6-4-3-5-7-16/h3-9,14,20H,10-13H2,1-2H3,(H,21,22). The van der Waals surface area contributed by atoms with Crippen molar-refractivity contribution in [2.75, 3.05) is 25.5 Å². The maximum absolute atomic E-state index is 11.9. The van der Waals surface area contributed by atoms with Crippen LogP contribution in [0.4, 0.5) is 5.69 Å². The first-order valence-corrected chi connectivity index (χ1v) is 7.88. The molecule has 2 aromatic rings. The maximum atomic E-state index is 11.9. The van der Waals surface area contributed by atoms with Crippen LogP contribution < -0.4 is 15.4 Å². The number of benzene rings is 2. The van der Waals surface area contributed by atoms with Crippen LogP contribution in [0.2, 0.25) is 0 Å². The van der Waals surface area contributed by atoms with Gasteiger partial charge < -0.3 is 15.4 Å². The van der Waals surface area contributed by atoms with E-state index in [9.17, 15) is 4.79 Å². The van der Waals surface area contributed by atoms with Gasteiger partial charge in [-0.25, -0.2) is 0 Å². The van der Waals surface area contributed by atoms with Crippen molar-refractivity contribution in [3.63, 3.8) is 0 Å². The van der Waals surface area contributed by atoms with E-state index < -0.39 is 0 Å². The number of carbonyl (C=O) groups excluding carboxylic acids is 1. The molecule has 23 heavy (non-hydrogen) atoms. The second kappa shape index (κ2) is 8.83. The van der Waals surface area contributed by atoms with Crippen molar-refractivity contribution in [3.8, 4) is 5.75 Å². The normalized spacial score (nSPS) is 10.2. The van der Waals surface area contributed by atoms with Crippen molar-refractivity contribution in [2.24, 2.45) is 0 Å². The van der Waals surface area contributed by atoms with Gasteiger partial charge in [0.2, 0.25) is 5.91 Å². The molecule has 0 aliphatic rings. The lowest BCUT2D eigenvalue weighted by molar-refractivity contribution is -0.120. The highest BCUT2D eigenvalue weighted by Crippen LogP contribution is 2.24. The van der Waals surface area contributed by atoms with Gasteiger partial charge in [-0.15, -0.1) is 0 Å². The van der Waals surface area contributed by atoms with Crippen molar-refractivity contribution in [2.45, 2.75) is 19.8 Å². The van der Waals surface area contributed by atoms with Crippen LogP contribution in [0.15, 0.2) is 48.5 Å². The molecule has 0 unspecified atom stereocenters. The maximum Gasteiger partial charge on any atom is 0.221 e. The molecule has 0 bridgehead atoms. The van der Waals surface area contributed by atoms with Crippen molar-refractivity contribution in [3.05, 3.63) is 59.7 Å². The van der Waals surface area contributed by atoms with Crippen LogP contribution >= 0.6 is 0 Å². The first-order valence-electron chi connectivity index (χ1n) is 7.88. The summed E-state index contributed by atoms with van der Waals surface area (Å²) in [4.78, 5) is 11.9. The first kappa shape index (κ1) is 16.9. The summed E-state index contributed by atoms with van der Waals surface area (Å²) in [5, 5.41) is 6.21. The molecule has 4 heteroatoms. The molecule has 4 nitrogen and oxygen atoms in total. The molecule has 1 amide bonds. The third kappa shape index (κ3) is 5.66. The second-order valence-electron chi connectivity index (χ2n) is 5.47. The SMILES string of the molecule is COc1ccc(C)cc1NCCC(=O)NCCc1ccccc1. The summed E-state index contributed by atoms with van der Waals surface area (Å²) in [6, 6.07) is 16.1. The van der Waals surface area contributed by atoms with Gasteiger partial charge in [0.25, 0.3) is 0 Å². The summed E-state index contributed by atoms with van der Waals surface area (Å²) in [5.74, 6) is 0.847. The summed E-state index contributed by atoms with van der Waals surface area (Å²) in [6.07, 6.45) is 1.29. The summed E-state index contributed by atoms with van der Waals surface area (Å²) < 4.78 is 5.31. The Morgan fingerprint density at radius 3 is 2.61 bits per heavy atom. The highest BCUT2D eigenvalue weighted by molar-refractivity contribution is 5.76. The van der Waals surface area contributed by atoms with Crippen LogP contribution in [0.1, 0.15) is 17.5 Å². The Balaban J connectivity index is 1.70. The van der Waals surface area contributed by atoms with Crippen LogP contribution in [-0.2, 0) is 11.2 Å². The van der Waals surface area contributed by atoms with E-state index in [1.807, 2.05) is 43.3 Å². The lowest BCUT2D eigenvalue weighted by Crippen LogP contribution is -2.27. The van der Waals surface area contributed by atoms with Gasteiger partial charge in [-0.05, 0) is 36.6 Å². The van der Waals surface area contributed by atoms with E-state index in [1.54, 1.807) is 7.11 Å². The van der Waals surface area contributed by atoms with Gasteiger partial charge in [0.1, 0.15) is 5.75 Å². The molecule has 0 fully saturated rings. The van der Waals surface area contributed by atoms with Crippen LogP contribution in [0.25, 0.3) is 0 Å². The molecule has 0 aromatic heterocycles. The van der Waals surface area contributed by atoms with Crippen LogP contribution in [0.3, 0.4) is 0 Å². The fourth-order valence-corrected chi connectivity index (χ4v) is 2.35. The first-order chi connectivity index (χ1) is 11.2. The minimum absolute atomic E-state index is 0.0556. The zero-order chi connectivity index (χ0) is 16.5. The number of anilines is 1. The fraction of sp³-hybridized carbons (Fsp3) is 0.316. The number of ether oxygens (including phenoxy) is 1. The summed E-state index contributed by atoms with van der Waals surface area (Å²) >= 11 is 0. The van der Waals surface area contributed by atoms with Gasteiger partial charge in [0, 0.05) is 19.5 Å². The Morgan fingerprint density at radius 2 is 1.87 bits per heavy atom. The number of hydrogen-bond donors (Lipinski definition) is 2. The fourth-order valence-electron chi connectivity index (χ4n) is 2.35. The third-order valence-corrected chi connectivity index (χ3v) is 3.60. The van der Waals surface area contributed by atoms with E-state index >= 15 is 0 Å². The number of aryl methyl sites for hydroxylation is 1. The number of methoxy groups -OCH3 is 1. The molecular formula is C19H24N2O2. The molecule has 0 saturated heterocycles. The minimum Gasteiger partial charge on any atom is -0.495 e. The summed E-state index contributed by atoms with van der Waals surface area (Å²) in [6.45, 7) is 3.27. The Hall–Kier alpha value is -2.49. The van der Waals surface area contributed by atoms with Gasteiger partial charge in [-0.1, -0.05) is 36.4 Å². The number of nitrogens with one attached hydrogen (secondary N) is 2. The van der Waals surface area contributed by atoms with E-state index in [1.165, 1.54) is 5.56 Å². The van der Waals surface area contributed by atoms with E-state index in [0.29, 0.717) is 19.5 Å². The number of amides is 1. The molecule has 2 aromatic carbocycles. The highest BCUT2D eigenvalue weighted by atomic mass is 16.5. The van der Waals surface area contributed by atoms with Gasteiger partial charge in [0.05, 0.1) is 12.8 Å². The Kier molecular flexibility index (Phi) is 6.48. The molecule has 2 N–H and O–H groups in total. The molecule has 122 valence electrons. The minimum atomic E-state index is 0.0556. The highest BCUT2D eigenvalue weighted by Gasteiger charge is 2.04. The van der Waals surface area contributed by atoms with E-state index in [-0.39, 0.29) is 5.91 Å². The average Bonchev–Trinajstić information content (AvgIpc) is 2.56. The van der Waals surface area contributed by atoms with Crippen molar-refractivity contribution in [1.29, 1.82) is 0 Å². The molecule has 0 aliphatic carbocycles. The number of rotatable bonds is 8. The summed E-state index contributed by atoms with van der Waals surface area (Å²) in [7, 11) is 1.64. The quantitative estimate of drug-likeness (QED) is 0.787. The second-order valence-corrected chi connectivity index (χ2v) is 5.47. The molecule has 0 saturated carbocycles. The lowest BCUT2D eigenvalue weighted by Gasteiger charge is -2.12. The van der Waals surface area contributed by atoms with Crippen molar-refractivity contribution in [1.82, 2.24) is 5.32 Å². The predicted octanol–water partition coefficient (Wildman–Crippen LogP) is 3.16. The van der Waals surface area contributed by atoms with Crippen LogP contribution in [0.5, 0.6) is 5.75 Å². The lowest BCUT2D eigenvalue weighted by atomic mass is 10.1. The molecule has 0 heterocycles. The Bertz CT molecular complexity index is 627. The molecule has 2 rings (SSSR count). The van der Waals surface area contributed by atoms with E-state index in [2.05, 4.69) is 22.8 Å². The average molecular weight is 312 g/mol. The smallest absolute Gasteiger partial charge is 0.221 e. The largest absolute Gasteiger partial charge is 0.495 e. The molecule has 0 radical (unpaired) electrons. The van der Waals surface area contributed by atoms with Gasteiger partial charge in [0.15, 0.2) is 0 Å². The Labute approximate surface area is 137 Å².